The number of quaternary nitrogens is 1. The molecule has 4 aromatic carbocycles. The third-order valence-electron chi connectivity index (χ3n) is 14.1. The van der Waals surface area contributed by atoms with Gasteiger partial charge in [-0.1, -0.05) is 94.4 Å². The van der Waals surface area contributed by atoms with Gasteiger partial charge in [0.05, 0.1) is 53.0 Å². The number of aromatic nitrogens is 2. The zero-order chi connectivity index (χ0) is 49.2. The van der Waals surface area contributed by atoms with Gasteiger partial charge in [0.15, 0.2) is 0 Å². The number of nitrogens with one attached hydrogen (secondary N) is 1. The summed E-state index contributed by atoms with van der Waals surface area (Å²) in [6, 6.07) is 33.4. The van der Waals surface area contributed by atoms with E-state index in [9.17, 15) is 19.5 Å². The first-order valence-corrected chi connectivity index (χ1v) is 26.1. The van der Waals surface area contributed by atoms with E-state index in [0.717, 1.165) is 41.5 Å². The van der Waals surface area contributed by atoms with Crippen molar-refractivity contribution in [2.45, 2.75) is 110 Å². The van der Waals surface area contributed by atoms with Crippen LogP contribution >= 0.6 is 0 Å². The summed E-state index contributed by atoms with van der Waals surface area (Å²) >= 11 is 0. The van der Waals surface area contributed by atoms with Crippen LogP contribution in [0.4, 0.5) is 0 Å². The van der Waals surface area contributed by atoms with Crippen molar-refractivity contribution in [1.82, 2.24) is 14.9 Å². The highest BCUT2D eigenvalue weighted by Crippen LogP contribution is 2.44. The molecule has 0 radical (unpaired) electrons. The van der Waals surface area contributed by atoms with E-state index in [4.69, 9.17) is 23.4 Å². The quantitative estimate of drug-likeness (QED) is 0.0314. The van der Waals surface area contributed by atoms with Crippen molar-refractivity contribution in [2.75, 3.05) is 47.0 Å². The zero-order valence-corrected chi connectivity index (χ0v) is 42.5. The van der Waals surface area contributed by atoms with Crippen LogP contribution in [0.2, 0.25) is 11.1 Å². The van der Waals surface area contributed by atoms with Gasteiger partial charge in [-0.25, -0.2) is 14.6 Å². The number of hydrogen-bond acceptors (Lipinski definition) is 10. The van der Waals surface area contributed by atoms with Crippen LogP contribution in [0.3, 0.4) is 0 Å². The van der Waals surface area contributed by atoms with Gasteiger partial charge in [0.2, 0.25) is 8.32 Å². The van der Waals surface area contributed by atoms with Crippen molar-refractivity contribution in [1.29, 1.82) is 0 Å². The van der Waals surface area contributed by atoms with E-state index in [0.29, 0.717) is 46.5 Å². The van der Waals surface area contributed by atoms with Gasteiger partial charge in [-0.3, -0.25) is 13.8 Å². The Kier molecular flexibility index (Phi) is 17.2. The molecule has 5 aromatic rings. The van der Waals surface area contributed by atoms with Crippen LogP contribution in [0.1, 0.15) is 107 Å². The number of methoxy groups -OCH3 is 2. The average molecular weight is 947 g/mol. The van der Waals surface area contributed by atoms with Crippen LogP contribution < -0.4 is 30.8 Å². The minimum absolute atomic E-state index is 0.0373. The molecule has 0 spiro atoms. The maximum atomic E-state index is 13.5. The second-order valence-corrected chi connectivity index (χ2v) is 23.0. The van der Waals surface area contributed by atoms with Gasteiger partial charge in [-0.2, -0.15) is 0 Å². The Balaban J connectivity index is 1.35. The van der Waals surface area contributed by atoms with Crippen LogP contribution in [-0.4, -0.2) is 93.4 Å². The van der Waals surface area contributed by atoms with Crippen molar-refractivity contribution in [3.8, 4) is 17.4 Å². The molecule has 0 saturated carbocycles. The van der Waals surface area contributed by atoms with E-state index in [1.54, 1.807) is 21.1 Å². The van der Waals surface area contributed by atoms with E-state index in [1.807, 2.05) is 124 Å². The molecule has 2 heterocycles. The van der Waals surface area contributed by atoms with Crippen LogP contribution in [0.5, 0.6) is 17.4 Å². The largest absolute Gasteiger partial charge is 0.858 e. The molecule has 1 N–H and O–H groups in total. The molecule has 1 fully saturated rings. The Morgan fingerprint density at radius 3 is 1.90 bits per heavy atom. The molecule has 0 unspecified atom stereocenters. The first-order valence-electron chi connectivity index (χ1n) is 24.0. The van der Waals surface area contributed by atoms with Gasteiger partial charge in [-0.05, 0) is 115 Å². The number of hydrogen-bond donors (Lipinski definition) is 1. The Morgan fingerprint density at radius 2 is 1.38 bits per heavy atom. The third-order valence-corrected chi connectivity index (χ3v) is 19.4. The molecule has 13 nitrogen and oxygen atoms in total. The SMILES string of the molecule is CC[N+](CC)(CC)C(=O)CCCNC(=O)c1ccc([Si](O[C@H]2C[C@H](n3cc(C)c([O-])nc3=O)O[C@@H]2COC(c2ccccc2)(c2ccc(OC)cc2)c2ccc(OC)cc2)(C(C)C)C(C)C)cc1. The number of amides is 2. The first kappa shape index (κ1) is 51.7. The summed E-state index contributed by atoms with van der Waals surface area (Å²) in [4.78, 5) is 43.7. The molecule has 364 valence electrons. The van der Waals surface area contributed by atoms with Gasteiger partial charge in [-0.15, -0.1) is 0 Å². The highest BCUT2D eigenvalue weighted by molar-refractivity contribution is 6.88. The first-order chi connectivity index (χ1) is 32.6. The van der Waals surface area contributed by atoms with Gasteiger partial charge in [0.25, 0.3) is 5.91 Å². The zero-order valence-electron chi connectivity index (χ0n) is 41.5. The maximum absolute atomic E-state index is 13.5. The Hall–Kier alpha value is -5.64. The smallest absolute Gasteiger partial charge is 0.349 e. The lowest BCUT2D eigenvalue weighted by atomic mass is 9.80. The maximum Gasteiger partial charge on any atom is 0.349 e. The highest BCUT2D eigenvalue weighted by Gasteiger charge is 2.51. The van der Waals surface area contributed by atoms with Crippen molar-refractivity contribution in [3.63, 3.8) is 0 Å². The Labute approximate surface area is 403 Å². The molecule has 3 atom stereocenters. The number of rotatable bonds is 22. The minimum Gasteiger partial charge on any atom is -0.858 e. The van der Waals surface area contributed by atoms with E-state index in [-0.39, 0.29) is 35.9 Å². The molecular formula is C54H70N4O9Si. The molecule has 2 amide bonds. The van der Waals surface area contributed by atoms with Crippen LogP contribution in [-0.2, 0) is 24.3 Å². The fourth-order valence-corrected chi connectivity index (χ4v) is 14.8. The van der Waals surface area contributed by atoms with Gasteiger partial charge in [0.1, 0.15) is 29.4 Å². The molecule has 0 aliphatic carbocycles. The van der Waals surface area contributed by atoms with Crippen molar-refractivity contribution in [2.24, 2.45) is 0 Å². The summed E-state index contributed by atoms with van der Waals surface area (Å²) < 4.78 is 34.9. The van der Waals surface area contributed by atoms with E-state index in [2.05, 4.69) is 38.0 Å². The molecule has 68 heavy (non-hydrogen) atoms. The third kappa shape index (κ3) is 10.6. The summed E-state index contributed by atoms with van der Waals surface area (Å²) in [6.45, 7) is 19.2. The Bertz CT molecular complexity index is 2430. The van der Waals surface area contributed by atoms with E-state index in [1.165, 1.54) is 10.8 Å². The number of carbonyl (C=O) groups is 2. The number of aryl methyl sites for hydroxylation is 1. The molecular weight excluding hydrogens is 877 g/mol. The summed E-state index contributed by atoms with van der Waals surface area (Å²) in [6.07, 6.45) is 0.681. The summed E-state index contributed by atoms with van der Waals surface area (Å²) in [5.41, 5.74) is 1.68. The molecule has 1 saturated heterocycles. The molecule has 14 heteroatoms. The lowest BCUT2D eigenvalue weighted by molar-refractivity contribution is -0.849. The molecule has 0 bridgehead atoms. The molecule has 1 aliphatic heterocycles. The van der Waals surface area contributed by atoms with Gasteiger partial charge < -0.3 is 33.8 Å². The Morgan fingerprint density at radius 1 is 0.838 bits per heavy atom. The average Bonchev–Trinajstić information content (AvgIpc) is 3.76. The topological polar surface area (TPSA) is 150 Å². The van der Waals surface area contributed by atoms with Crippen LogP contribution in [0, 0.1) is 6.92 Å². The fraction of sp³-hybridized carbons (Fsp3) is 0.444. The molecule has 1 aliphatic rings. The predicted molar refractivity (Wildman–Crippen MR) is 265 cm³/mol. The second kappa shape index (κ2) is 22.6. The number of ether oxygens (including phenoxy) is 4. The van der Waals surface area contributed by atoms with Crippen LogP contribution in [0.15, 0.2) is 114 Å². The minimum atomic E-state index is -3.00. The lowest BCUT2D eigenvalue weighted by Gasteiger charge is -2.42. The van der Waals surface area contributed by atoms with Crippen LogP contribution in [0.25, 0.3) is 0 Å². The number of carbonyl (C=O) groups excluding carboxylic acids is 2. The van der Waals surface area contributed by atoms with E-state index >= 15 is 0 Å². The lowest BCUT2D eigenvalue weighted by Crippen LogP contribution is -2.59. The monoisotopic (exact) mass is 946 g/mol. The number of benzene rings is 4. The normalized spacial score (nSPS) is 16.6. The number of nitrogens with zero attached hydrogens (tertiary/aromatic N) is 3. The second-order valence-electron chi connectivity index (χ2n) is 18.3. The van der Waals surface area contributed by atoms with E-state index < -0.39 is 43.9 Å². The van der Waals surface area contributed by atoms with Crippen molar-refractivity contribution in [3.05, 3.63) is 148 Å². The highest BCUT2D eigenvalue weighted by atomic mass is 28.4. The summed E-state index contributed by atoms with van der Waals surface area (Å²) in [5.74, 6) is 0.815. The van der Waals surface area contributed by atoms with Gasteiger partial charge >= 0.3 is 11.6 Å². The predicted octanol–water partition coefficient (Wildman–Crippen LogP) is 7.91. The molecule has 1 aromatic heterocycles. The summed E-state index contributed by atoms with van der Waals surface area (Å²) in [7, 11) is 0.261. The summed E-state index contributed by atoms with van der Waals surface area (Å²) in [5, 5.41) is 16.5. The fourth-order valence-electron chi connectivity index (χ4n) is 9.97. The van der Waals surface area contributed by atoms with Crippen molar-refractivity contribution >= 4 is 25.3 Å². The van der Waals surface area contributed by atoms with Gasteiger partial charge in [0, 0.05) is 24.7 Å². The standard InChI is InChI=1S/C54H70N4O9Si/c1-11-58(12-2,13-3)50(59)20-17-33-55-52(61)40-21-31-46(32-22-40)68(37(4)5,38(6)7)67-47-34-49(57-35-39(8)51(60)56-53(57)62)66-48(47)36-65-54(41-18-15-14-16-19-41,42-23-27-44(63-9)28-24-42)43-25-29-45(64-10)30-26-43/h14-16,18-19,21-32,35,37-38,47-49H,11-13,17,20,33-34,36H2,1-10H3,(H-,55,56,60,61,62)/t47-,48+,49+/m0/s1. The molecule has 6 rings (SSSR count). The van der Waals surface area contributed by atoms with Crippen molar-refractivity contribution < 1.29 is 42.6 Å².